The molecule has 0 bridgehead atoms. The zero-order chi connectivity index (χ0) is 29.0. The van der Waals surface area contributed by atoms with Crippen LogP contribution in [-0.2, 0) is 10.8 Å². The number of nitrogens with zero attached hydrogens (tertiary/aromatic N) is 2. The molecule has 40 heavy (non-hydrogen) atoms. The van der Waals surface area contributed by atoms with Gasteiger partial charge in [0.1, 0.15) is 5.82 Å². The van der Waals surface area contributed by atoms with Gasteiger partial charge in [-0.2, -0.15) is 0 Å². The Morgan fingerprint density at radius 2 is 1.20 bits per heavy atom. The summed E-state index contributed by atoms with van der Waals surface area (Å²) in [7, 11) is 0. The van der Waals surface area contributed by atoms with E-state index in [1.165, 1.54) is 22.1 Å². The van der Waals surface area contributed by atoms with E-state index in [2.05, 4.69) is 148 Å². The number of hydrogen-bond donors (Lipinski definition) is 0. The largest absolute Gasteiger partial charge is 0.312 e. The van der Waals surface area contributed by atoms with Crippen molar-refractivity contribution in [2.75, 3.05) is 4.90 Å². The van der Waals surface area contributed by atoms with Crippen molar-refractivity contribution >= 4 is 43.9 Å². The highest BCUT2D eigenvalue weighted by molar-refractivity contribution is 9.10. The van der Waals surface area contributed by atoms with Gasteiger partial charge in [0, 0.05) is 22.5 Å². The van der Waals surface area contributed by atoms with Crippen molar-refractivity contribution in [3.05, 3.63) is 118 Å². The quantitative estimate of drug-likeness (QED) is 0.200. The van der Waals surface area contributed by atoms with Gasteiger partial charge in [-0.15, -0.1) is 0 Å². The lowest BCUT2D eigenvalue weighted by Crippen LogP contribution is -2.15. The number of anilines is 3. The minimum Gasteiger partial charge on any atom is -0.312 e. The van der Waals surface area contributed by atoms with Crippen molar-refractivity contribution in [3.8, 4) is 5.69 Å². The van der Waals surface area contributed by atoms with Crippen LogP contribution >= 0.6 is 15.9 Å². The normalized spacial score (nSPS) is 12.2. The van der Waals surface area contributed by atoms with Gasteiger partial charge in [0.05, 0.1) is 21.4 Å². The van der Waals surface area contributed by atoms with Crippen LogP contribution in [0.2, 0.25) is 0 Å². The molecule has 0 aliphatic heterocycles. The van der Waals surface area contributed by atoms with Crippen LogP contribution in [0.1, 0.15) is 63.9 Å². The Labute approximate surface area is 246 Å². The summed E-state index contributed by atoms with van der Waals surface area (Å²) in [5.74, 6) is -0.286. The molecule has 0 saturated heterocycles. The number of halogens is 2. The van der Waals surface area contributed by atoms with Crippen molar-refractivity contribution < 1.29 is 4.39 Å². The number of para-hydroxylation sites is 1. The number of benzene rings is 4. The number of fused-ring (bicyclic) bond motifs is 1. The summed E-state index contributed by atoms with van der Waals surface area (Å²) in [5.41, 5.74) is 9.39. The fourth-order valence-corrected chi connectivity index (χ4v) is 5.96. The molecule has 4 aromatic carbocycles. The predicted octanol–water partition coefficient (Wildman–Crippen LogP) is 11.2. The monoisotopic (exact) mass is 596 g/mol. The summed E-state index contributed by atoms with van der Waals surface area (Å²) in [5, 5.41) is 1.17. The first-order chi connectivity index (χ1) is 18.8. The molecule has 5 aromatic rings. The summed E-state index contributed by atoms with van der Waals surface area (Å²) in [6, 6.07) is 28.8. The molecule has 0 unspecified atom stereocenters. The lowest BCUT2D eigenvalue weighted by atomic mass is 9.86. The number of aryl methyl sites for hydroxylation is 1. The van der Waals surface area contributed by atoms with Crippen LogP contribution < -0.4 is 4.90 Å². The molecule has 0 aliphatic carbocycles. The average Bonchev–Trinajstić information content (AvgIpc) is 3.15. The molecule has 0 N–H and O–H groups in total. The van der Waals surface area contributed by atoms with Crippen LogP contribution in [-0.4, -0.2) is 4.57 Å². The van der Waals surface area contributed by atoms with Gasteiger partial charge in [-0.05, 0) is 99.8 Å². The van der Waals surface area contributed by atoms with E-state index < -0.39 is 0 Å². The van der Waals surface area contributed by atoms with Crippen LogP contribution in [0.15, 0.2) is 89.4 Å². The van der Waals surface area contributed by atoms with E-state index in [1.54, 1.807) is 12.1 Å². The summed E-state index contributed by atoms with van der Waals surface area (Å²) in [6.45, 7) is 17.5. The number of rotatable bonds is 4. The SMILES string of the molecule is Cc1c(C)n(-c2cc(F)cc(N(c3ccc(C(C)(C)C)cc3)c3ccc(C(C)(C)C)cc3)c2Br)c2ccccc12. The van der Waals surface area contributed by atoms with E-state index in [1.807, 2.05) is 6.07 Å². The highest BCUT2D eigenvalue weighted by Crippen LogP contribution is 2.44. The summed E-state index contributed by atoms with van der Waals surface area (Å²) in [4.78, 5) is 2.14. The molecule has 0 fully saturated rings. The second kappa shape index (κ2) is 10.2. The van der Waals surface area contributed by atoms with Gasteiger partial charge in [0.15, 0.2) is 0 Å². The molecular formula is C36H38BrFN2. The van der Waals surface area contributed by atoms with Crippen LogP contribution in [0.25, 0.3) is 16.6 Å². The first kappa shape index (κ1) is 28.2. The molecule has 0 atom stereocenters. The molecule has 0 saturated carbocycles. The van der Waals surface area contributed by atoms with Gasteiger partial charge in [0.2, 0.25) is 0 Å². The molecule has 1 aromatic heterocycles. The zero-order valence-electron chi connectivity index (χ0n) is 24.7. The van der Waals surface area contributed by atoms with Crippen molar-refractivity contribution in [2.45, 2.75) is 66.2 Å². The van der Waals surface area contributed by atoms with Crippen LogP contribution in [0, 0.1) is 19.7 Å². The maximum absolute atomic E-state index is 15.6. The van der Waals surface area contributed by atoms with Crippen LogP contribution in [0.5, 0.6) is 0 Å². The van der Waals surface area contributed by atoms with Crippen LogP contribution in [0.3, 0.4) is 0 Å². The van der Waals surface area contributed by atoms with Crippen molar-refractivity contribution in [1.82, 2.24) is 4.57 Å². The first-order valence-corrected chi connectivity index (χ1v) is 14.6. The van der Waals surface area contributed by atoms with Crippen LogP contribution in [0.4, 0.5) is 21.5 Å². The summed E-state index contributed by atoms with van der Waals surface area (Å²) < 4.78 is 18.6. The molecule has 0 aliphatic rings. The molecule has 2 nitrogen and oxygen atoms in total. The van der Waals surface area contributed by atoms with Crippen molar-refractivity contribution in [1.29, 1.82) is 0 Å². The van der Waals surface area contributed by atoms with E-state index in [4.69, 9.17) is 0 Å². The fourth-order valence-electron chi connectivity index (χ4n) is 5.37. The molecule has 0 spiro atoms. The van der Waals surface area contributed by atoms with Gasteiger partial charge in [-0.3, -0.25) is 0 Å². The minimum absolute atomic E-state index is 0.0369. The predicted molar refractivity (Wildman–Crippen MR) is 172 cm³/mol. The molecule has 206 valence electrons. The highest BCUT2D eigenvalue weighted by Gasteiger charge is 2.23. The molecule has 0 radical (unpaired) electrons. The third-order valence-electron chi connectivity index (χ3n) is 7.89. The van der Waals surface area contributed by atoms with Crippen molar-refractivity contribution in [2.24, 2.45) is 0 Å². The third kappa shape index (κ3) is 5.10. The number of hydrogen-bond acceptors (Lipinski definition) is 1. The van der Waals surface area contributed by atoms with E-state index in [9.17, 15) is 0 Å². The Morgan fingerprint density at radius 1 is 0.700 bits per heavy atom. The smallest absolute Gasteiger partial charge is 0.127 e. The average molecular weight is 598 g/mol. The summed E-state index contributed by atoms with van der Waals surface area (Å²) >= 11 is 3.94. The second-order valence-corrected chi connectivity index (χ2v) is 13.5. The highest BCUT2D eigenvalue weighted by atomic mass is 79.9. The molecular weight excluding hydrogens is 559 g/mol. The zero-order valence-corrected chi connectivity index (χ0v) is 26.3. The fraction of sp³-hybridized carbons (Fsp3) is 0.278. The van der Waals surface area contributed by atoms with E-state index in [-0.39, 0.29) is 16.6 Å². The second-order valence-electron chi connectivity index (χ2n) is 12.8. The standard InChI is InChI=1S/C36H38BrFN2/c1-23-24(2)39(31-12-10-9-11-30(23)31)32-21-27(38)22-33(34(32)37)40(28-17-13-25(14-18-28)35(3,4)5)29-19-15-26(16-20-29)36(6,7)8/h9-22H,1-8H3. The molecule has 5 rings (SSSR count). The van der Waals surface area contributed by atoms with Crippen molar-refractivity contribution in [3.63, 3.8) is 0 Å². The van der Waals surface area contributed by atoms with Gasteiger partial charge in [-0.1, -0.05) is 84.0 Å². The topological polar surface area (TPSA) is 8.17 Å². The summed E-state index contributed by atoms with van der Waals surface area (Å²) in [6.07, 6.45) is 0. The lowest BCUT2D eigenvalue weighted by Gasteiger charge is -2.29. The first-order valence-electron chi connectivity index (χ1n) is 13.8. The van der Waals surface area contributed by atoms with Gasteiger partial charge in [0.25, 0.3) is 0 Å². The molecule has 4 heteroatoms. The van der Waals surface area contributed by atoms with E-state index in [0.29, 0.717) is 0 Å². The Hall–Kier alpha value is -3.37. The van der Waals surface area contributed by atoms with E-state index in [0.717, 1.165) is 38.4 Å². The van der Waals surface area contributed by atoms with Gasteiger partial charge < -0.3 is 9.47 Å². The lowest BCUT2D eigenvalue weighted by molar-refractivity contribution is 0.590. The Morgan fingerprint density at radius 3 is 1.70 bits per heavy atom. The maximum Gasteiger partial charge on any atom is 0.127 e. The molecule has 0 amide bonds. The molecule has 1 heterocycles. The Balaban J connectivity index is 1.75. The Kier molecular flexibility index (Phi) is 7.20. The van der Waals surface area contributed by atoms with Gasteiger partial charge in [-0.25, -0.2) is 4.39 Å². The van der Waals surface area contributed by atoms with E-state index >= 15 is 4.39 Å². The number of aromatic nitrogens is 1. The minimum atomic E-state index is -0.286. The third-order valence-corrected chi connectivity index (χ3v) is 8.70. The van der Waals surface area contributed by atoms with Gasteiger partial charge >= 0.3 is 0 Å². The maximum atomic E-state index is 15.6. The Bertz CT molecular complexity index is 1620.